The van der Waals surface area contributed by atoms with Gasteiger partial charge in [0, 0.05) is 51.5 Å². The van der Waals surface area contributed by atoms with Crippen LogP contribution in [-0.2, 0) is 16.6 Å². The smallest absolute Gasteiger partial charge is 0.242 e. The van der Waals surface area contributed by atoms with Crippen LogP contribution in [0.15, 0.2) is 71.6 Å². The summed E-state index contributed by atoms with van der Waals surface area (Å²) in [5, 5.41) is 3.59. The van der Waals surface area contributed by atoms with Crippen molar-refractivity contribution < 1.29 is 17.5 Å². The van der Waals surface area contributed by atoms with Crippen molar-refractivity contribution in [1.29, 1.82) is 0 Å². The van der Waals surface area contributed by atoms with E-state index in [9.17, 15) is 12.8 Å². The van der Waals surface area contributed by atoms with Crippen LogP contribution in [0, 0.1) is 5.82 Å². The molecule has 1 aliphatic rings. The van der Waals surface area contributed by atoms with Crippen LogP contribution in [0.25, 0.3) is 11.1 Å². The predicted molar refractivity (Wildman–Crippen MR) is 155 cm³/mol. The first-order chi connectivity index (χ1) is 18.5. The topological polar surface area (TPSA) is 87.9 Å². The number of rotatable bonds is 10. The van der Waals surface area contributed by atoms with Gasteiger partial charge in [0.1, 0.15) is 11.6 Å². The highest BCUT2D eigenvalue weighted by molar-refractivity contribution is 7.89. The van der Waals surface area contributed by atoms with Gasteiger partial charge in [-0.15, -0.1) is 0 Å². The maximum atomic E-state index is 14.4. The van der Waals surface area contributed by atoms with Gasteiger partial charge in [-0.3, -0.25) is 4.90 Å². The van der Waals surface area contributed by atoms with Crippen LogP contribution in [0.3, 0.4) is 0 Å². The van der Waals surface area contributed by atoms with E-state index < -0.39 is 10.0 Å². The lowest BCUT2D eigenvalue weighted by molar-refractivity contribution is 0.169. The molecular weight excluding hydrogens is 515 g/mol. The second kappa shape index (κ2) is 12.0. The number of nitrogens with zero attached hydrogens (tertiary/aromatic N) is 2. The van der Waals surface area contributed by atoms with Crippen molar-refractivity contribution in [3.63, 3.8) is 0 Å². The SMILES string of the molecule is CC(C)Oc1cccc(CN2CCC(CN)(Nc3cc(F)ccc3-c3ccc(S(=O)(=O)N(C)C)cc3)CC2)c1. The van der Waals surface area contributed by atoms with Gasteiger partial charge in [0.15, 0.2) is 0 Å². The molecule has 0 spiro atoms. The molecule has 9 heteroatoms. The minimum absolute atomic E-state index is 0.128. The zero-order chi connectivity index (χ0) is 28.2. The Hall–Kier alpha value is -2.98. The van der Waals surface area contributed by atoms with E-state index in [1.54, 1.807) is 30.3 Å². The van der Waals surface area contributed by atoms with Gasteiger partial charge in [-0.1, -0.05) is 24.3 Å². The number of ether oxygens (including phenoxy) is 1. The summed E-state index contributed by atoms with van der Waals surface area (Å²) in [5.74, 6) is 0.532. The van der Waals surface area contributed by atoms with Gasteiger partial charge in [-0.05, 0) is 80.3 Å². The lowest BCUT2D eigenvalue weighted by Gasteiger charge is -2.43. The Bertz CT molecular complexity index is 1370. The van der Waals surface area contributed by atoms with E-state index in [-0.39, 0.29) is 22.4 Å². The van der Waals surface area contributed by atoms with Crippen molar-refractivity contribution in [1.82, 2.24) is 9.21 Å². The van der Waals surface area contributed by atoms with E-state index >= 15 is 0 Å². The predicted octanol–water partition coefficient (Wildman–Crippen LogP) is 4.94. The number of sulfonamides is 1. The first-order valence-electron chi connectivity index (χ1n) is 13.3. The summed E-state index contributed by atoms with van der Waals surface area (Å²) in [6.07, 6.45) is 1.74. The molecule has 4 rings (SSSR count). The highest BCUT2D eigenvalue weighted by Gasteiger charge is 2.34. The Morgan fingerprint density at radius 1 is 1.05 bits per heavy atom. The largest absolute Gasteiger partial charge is 0.491 e. The van der Waals surface area contributed by atoms with Gasteiger partial charge < -0.3 is 15.8 Å². The summed E-state index contributed by atoms with van der Waals surface area (Å²) < 4.78 is 46.4. The van der Waals surface area contributed by atoms with Crippen LogP contribution < -0.4 is 15.8 Å². The molecule has 0 atom stereocenters. The Labute approximate surface area is 231 Å². The van der Waals surface area contributed by atoms with Gasteiger partial charge >= 0.3 is 0 Å². The normalized spacial score (nSPS) is 16.0. The molecule has 3 aromatic rings. The average Bonchev–Trinajstić information content (AvgIpc) is 2.90. The molecule has 7 nitrogen and oxygen atoms in total. The molecule has 210 valence electrons. The lowest BCUT2D eigenvalue weighted by atomic mass is 9.86. The summed E-state index contributed by atoms with van der Waals surface area (Å²) in [4.78, 5) is 2.61. The first-order valence-corrected chi connectivity index (χ1v) is 14.7. The van der Waals surface area contributed by atoms with Crippen LogP contribution in [-0.4, -0.2) is 63.0 Å². The fourth-order valence-electron chi connectivity index (χ4n) is 4.94. The Morgan fingerprint density at radius 2 is 1.74 bits per heavy atom. The highest BCUT2D eigenvalue weighted by atomic mass is 32.2. The fraction of sp³-hybridized carbons (Fsp3) is 0.400. The average molecular weight is 555 g/mol. The molecule has 0 aromatic heterocycles. The van der Waals surface area contributed by atoms with Crippen LogP contribution in [0.4, 0.5) is 10.1 Å². The number of piperidine rings is 1. The van der Waals surface area contributed by atoms with Crippen molar-refractivity contribution >= 4 is 15.7 Å². The number of nitrogens with one attached hydrogen (secondary N) is 1. The van der Waals surface area contributed by atoms with Crippen molar-refractivity contribution in [2.45, 2.75) is 49.8 Å². The molecule has 0 bridgehead atoms. The third kappa shape index (κ3) is 6.97. The van der Waals surface area contributed by atoms with Crippen molar-refractivity contribution in [2.24, 2.45) is 5.73 Å². The van der Waals surface area contributed by atoms with Gasteiger partial charge in [0.25, 0.3) is 0 Å². The number of hydrogen-bond donors (Lipinski definition) is 2. The summed E-state index contributed by atoms with van der Waals surface area (Å²) in [5.41, 5.74) is 9.37. The van der Waals surface area contributed by atoms with E-state index in [1.807, 2.05) is 26.0 Å². The maximum absolute atomic E-state index is 14.4. The fourth-order valence-corrected chi connectivity index (χ4v) is 5.84. The summed E-state index contributed by atoms with van der Waals surface area (Å²) in [7, 11) is -0.533. The van der Waals surface area contributed by atoms with E-state index in [0.717, 1.165) is 49.4 Å². The Morgan fingerprint density at radius 3 is 2.36 bits per heavy atom. The second-order valence-electron chi connectivity index (χ2n) is 10.7. The third-order valence-corrected chi connectivity index (χ3v) is 9.03. The molecule has 0 unspecified atom stereocenters. The van der Waals surface area contributed by atoms with Crippen LogP contribution in [0.5, 0.6) is 5.75 Å². The van der Waals surface area contributed by atoms with E-state index in [1.165, 1.54) is 36.1 Å². The molecule has 3 N–H and O–H groups in total. The molecule has 0 amide bonds. The van der Waals surface area contributed by atoms with Gasteiger partial charge in [-0.2, -0.15) is 0 Å². The molecule has 1 heterocycles. The summed E-state index contributed by atoms with van der Waals surface area (Å²) in [6, 6.07) is 19.5. The number of nitrogens with two attached hydrogens (primary N) is 1. The molecule has 1 aliphatic heterocycles. The molecule has 0 saturated carbocycles. The van der Waals surface area contributed by atoms with Crippen molar-refractivity contribution in [2.75, 3.05) is 39.0 Å². The van der Waals surface area contributed by atoms with E-state index in [4.69, 9.17) is 10.5 Å². The van der Waals surface area contributed by atoms with Gasteiger partial charge in [0.2, 0.25) is 10.0 Å². The molecule has 0 aliphatic carbocycles. The zero-order valence-electron chi connectivity index (χ0n) is 23.2. The minimum atomic E-state index is -3.54. The molecule has 39 heavy (non-hydrogen) atoms. The third-order valence-electron chi connectivity index (χ3n) is 7.21. The number of benzene rings is 3. The van der Waals surface area contributed by atoms with E-state index in [0.29, 0.717) is 12.2 Å². The minimum Gasteiger partial charge on any atom is -0.491 e. The summed E-state index contributed by atoms with van der Waals surface area (Å²) >= 11 is 0. The maximum Gasteiger partial charge on any atom is 0.242 e. The number of likely N-dealkylation sites (tertiary alicyclic amines) is 1. The highest BCUT2D eigenvalue weighted by Crippen LogP contribution is 2.35. The second-order valence-corrected chi connectivity index (χ2v) is 12.9. The summed E-state index contributed by atoms with van der Waals surface area (Å²) in [6.45, 7) is 6.97. The van der Waals surface area contributed by atoms with Gasteiger partial charge in [0.05, 0.1) is 16.5 Å². The zero-order valence-corrected chi connectivity index (χ0v) is 24.0. The Kier molecular flexibility index (Phi) is 8.96. The molecular formula is C30H39FN4O3S. The van der Waals surface area contributed by atoms with Crippen LogP contribution >= 0.6 is 0 Å². The number of anilines is 1. The van der Waals surface area contributed by atoms with Gasteiger partial charge in [-0.25, -0.2) is 17.1 Å². The van der Waals surface area contributed by atoms with Crippen molar-refractivity contribution in [3.8, 4) is 16.9 Å². The molecule has 3 aromatic carbocycles. The Balaban J connectivity index is 1.49. The van der Waals surface area contributed by atoms with Crippen LogP contribution in [0.1, 0.15) is 32.3 Å². The standard InChI is InChI=1S/C30H39FN4O3S/c1-22(2)38-26-7-5-6-23(18-26)20-35-16-14-30(21-32,15-17-35)33-29-19-25(31)10-13-28(29)24-8-11-27(12-9-24)39(36,37)34(3)4/h5-13,18-19,22,33H,14-17,20-21,32H2,1-4H3. The molecule has 0 radical (unpaired) electrons. The molecule has 1 saturated heterocycles. The lowest BCUT2D eigenvalue weighted by Crippen LogP contribution is -2.53. The quantitative estimate of drug-likeness (QED) is 0.369. The van der Waals surface area contributed by atoms with Crippen LogP contribution in [0.2, 0.25) is 0 Å². The molecule has 1 fully saturated rings. The first kappa shape index (κ1) is 29.0. The van der Waals surface area contributed by atoms with Crippen molar-refractivity contribution in [3.05, 3.63) is 78.1 Å². The number of hydrogen-bond acceptors (Lipinski definition) is 6. The monoisotopic (exact) mass is 554 g/mol. The number of halogens is 1. The van der Waals surface area contributed by atoms with E-state index in [2.05, 4.69) is 22.3 Å².